The number of pyridine rings is 1. The molecule has 9 heteroatoms. The molecule has 1 aromatic carbocycles. The highest BCUT2D eigenvalue weighted by molar-refractivity contribution is 7.25. The average molecular weight is 449 g/mol. The summed E-state index contributed by atoms with van der Waals surface area (Å²) in [5.74, 6) is 0.795. The van der Waals surface area contributed by atoms with E-state index in [0.717, 1.165) is 37.5 Å². The zero-order chi connectivity index (χ0) is 22.3. The second-order valence-corrected chi connectivity index (χ2v) is 9.76. The van der Waals surface area contributed by atoms with Crippen LogP contribution >= 0.6 is 11.3 Å². The molecule has 0 unspecified atom stereocenters. The number of amides is 1. The molecule has 0 atom stereocenters. The maximum absolute atomic E-state index is 12.4. The topological polar surface area (TPSA) is 84.3 Å². The molecule has 0 bridgehead atoms. The number of benzene rings is 1. The van der Waals surface area contributed by atoms with E-state index < -0.39 is 5.60 Å². The molecule has 1 fully saturated rings. The van der Waals surface area contributed by atoms with Crippen LogP contribution in [0.5, 0.6) is 0 Å². The molecule has 1 saturated heterocycles. The minimum absolute atomic E-state index is 0.275. The van der Waals surface area contributed by atoms with Gasteiger partial charge < -0.3 is 14.5 Å². The van der Waals surface area contributed by atoms with Crippen LogP contribution in [0.1, 0.15) is 20.8 Å². The van der Waals surface area contributed by atoms with Crippen LogP contribution in [-0.4, -0.2) is 63.2 Å². The molecule has 1 aliphatic heterocycles. The van der Waals surface area contributed by atoms with Crippen LogP contribution in [0.4, 0.5) is 10.6 Å². The first-order chi connectivity index (χ1) is 15.4. The number of nitrogens with zero attached hydrogens (tertiary/aromatic N) is 6. The Labute approximate surface area is 189 Å². The summed E-state index contributed by atoms with van der Waals surface area (Å²) in [4.78, 5) is 22.1. The Hall–Kier alpha value is -3.33. The molecule has 3 aromatic heterocycles. The molecule has 32 heavy (non-hydrogen) atoms. The summed E-state index contributed by atoms with van der Waals surface area (Å²) in [7, 11) is 0. The summed E-state index contributed by atoms with van der Waals surface area (Å²) in [6.07, 6.45) is -0.275. The van der Waals surface area contributed by atoms with Crippen molar-refractivity contribution < 1.29 is 9.53 Å². The van der Waals surface area contributed by atoms with Crippen molar-refractivity contribution in [1.29, 1.82) is 0 Å². The van der Waals surface area contributed by atoms with Crippen LogP contribution in [0.25, 0.3) is 31.7 Å². The Balaban J connectivity index is 1.42. The Morgan fingerprint density at radius 3 is 2.47 bits per heavy atom. The Kier molecular flexibility index (Phi) is 5.13. The van der Waals surface area contributed by atoms with Crippen molar-refractivity contribution in [3.05, 3.63) is 42.5 Å². The monoisotopic (exact) mass is 448 g/mol. The van der Waals surface area contributed by atoms with E-state index in [2.05, 4.69) is 38.5 Å². The highest BCUT2D eigenvalue weighted by atomic mass is 32.1. The normalized spacial score (nSPS) is 14.8. The van der Waals surface area contributed by atoms with Gasteiger partial charge in [-0.15, -0.1) is 21.5 Å². The fourth-order valence-corrected chi connectivity index (χ4v) is 4.90. The zero-order valence-corrected chi connectivity index (χ0v) is 19.1. The van der Waals surface area contributed by atoms with E-state index >= 15 is 0 Å². The number of carbonyl (C=O) groups excluding carboxylic acids is 1. The van der Waals surface area contributed by atoms with Crippen molar-refractivity contribution in [1.82, 2.24) is 25.3 Å². The summed E-state index contributed by atoms with van der Waals surface area (Å²) in [5.41, 5.74) is 2.32. The third-order valence-electron chi connectivity index (χ3n) is 5.32. The first kappa shape index (κ1) is 20.6. The van der Waals surface area contributed by atoms with Crippen molar-refractivity contribution in [2.45, 2.75) is 26.4 Å². The van der Waals surface area contributed by atoms with Crippen LogP contribution in [0.3, 0.4) is 0 Å². The summed E-state index contributed by atoms with van der Waals surface area (Å²) < 4.78 is 6.47. The van der Waals surface area contributed by atoms with Crippen LogP contribution in [-0.2, 0) is 4.74 Å². The lowest BCUT2D eigenvalue weighted by Crippen LogP contribution is -2.50. The Bertz CT molecular complexity index is 1280. The standard InChI is InChI=1S/C23H24N6O2S/c1-23(2,3)31-22(30)29-13-11-28(12-14-29)20-19-18(25-27-26-20)16-9-10-17(24-21(16)32-19)15-7-5-4-6-8-15/h4-10H,11-14H2,1-3H3. The average Bonchev–Trinajstić information content (AvgIpc) is 3.16. The van der Waals surface area contributed by atoms with Gasteiger partial charge in [0.25, 0.3) is 0 Å². The smallest absolute Gasteiger partial charge is 0.410 e. The number of rotatable bonds is 2. The summed E-state index contributed by atoms with van der Waals surface area (Å²) in [5, 5.41) is 13.7. The van der Waals surface area contributed by atoms with E-state index in [9.17, 15) is 4.79 Å². The van der Waals surface area contributed by atoms with Crippen molar-refractivity contribution in [2.75, 3.05) is 31.1 Å². The van der Waals surface area contributed by atoms with Gasteiger partial charge in [0.15, 0.2) is 5.82 Å². The molecule has 4 aromatic rings. The molecule has 164 valence electrons. The second kappa shape index (κ2) is 7.98. The molecule has 1 amide bonds. The van der Waals surface area contributed by atoms with Crippen molar-refractivity contribution in [3.63, 3.8) is 0 Å². The summed E-state index contributed by atoms with van der Waals surface area (Å²) in [6.45, 7) is 8.09. The predicted octanol–water partition coefficient (Wildman–Crippen LogP) is 4.36. The molecule has 1 aliphatic rings. The Morgan fingerprint density at radius 2 is 1.75 bits per heavy atom. The SMILES string of the molecule is CC(C)(C)OC(=O)N1CCN(c2nnnc3c2sc2nc(-c4ccccc4)ccc23)CC1. The predicted molar refractivity (Wildman–Crippen MR) is 126 cm³/mol. The van der Waals surface area contributed by atoms with Crippen LogP contribution < -0.4 is 4.90 Å². The van der Waals surface area contributed by atoms with Gasteiger partial charge in [-0.3, -0.25) is 0 Å². The number of thiophene rings is 1. The second-order valence-electron chi connectivity index (χ2n) is 8.76. The van der Waals surface area contributed by atoms with Gasteiger partial charge in [-0.1, -0.05) is 30.3 Å². The molecule has 0 saturated carbocycles. The van der Waals surface area contributed by atoms with Crippen LogP contribution in [0, 0.1) is 0 Å². The largest absolute Gasteiger partial charge is 0.444 e. The van der Waals surface area contributed by atoms with E-state index in [1.807, 2.05) is 45.0 Å². The number of carbonyl (C=O) groups is 1. The zero-order valence-electron chi connectivity index (χ0n) is 18.3. The fourth-order valence-electron chi connectivity index (χ4n) is 3.78. The van der Waals surface area contributed by atoms with Gasteiger partial charge in [0.2, 0.25) is 0 Å². The van der Waals surface area contributed by atoms with E-state index in [4.69, 9.17) is 9.72 Å². The van der Waals surface area contributed by atoms with Crippen LogP contribution in [0.15, 0.2) is 42.5 Å². The lowest BCUT2D eigenvalue weighted by atomic mass is 10.1. The number of anilines is 1. The molecule has 0 spiro atoms. The number of ether oxygens (including phenoxy) is 1. The van der Waals surface area contributed by atoms with Gasteiger partial charge in [-0.25, -0.2) is 9.78 Å². The van der Waals surface area contributed by atoms with Crippen molar-refractivity contribution in [3.8, 4) is 11.3 Å². The molecule has 8 nitrogen and oxygen atoms in total. The number of piperazine rings is 1. The highest BCUT2D eigenvalue weighted by Gasteiger charge is 2.28. The minimum atomic E-state index is -0.500. The molecule has 0 radical (unpaired) electrons. The molecular weight excluding hydrogens is 424 g/mol. The van der Waals surface area contributed by atoms with Crippen molar-refractivity contribution in [2.24, 2.45) is 0 Å². The van der Waals surface area contributed by atoms with Gasteiger partial charge in [0.05, 0.1) is 5.69 Å². The summed E-state index contributed by atoms with van der Waals surface area (Å²) in [6, 6.07) is 14.2. The first-order valence-electron chi connectivity index (χ1n) is 10.6. The Morgan fingerprint density at radius 1 is 1.00 bits per heavy atom. The quantitative estimate of drug-likeness (QED) is 0.450. The third-order valence-corrected chi connectivity index (χ3v) is 6.40. The van der Waals surface area contributed by atoms with Gasteiger partial charge in [0.1, 0.15) is 20.6 Å². The van der Waals surface area contributed by atoms with E-state index in [1.165, 1.54) is 0 Å². The number of hydrogen-bond donors (Lipinski definition) is 0. The third kappa shape index (κ3) is 3.95. The lowest BCUT2D eigenvalue weighted by molar-refractivity contribution is 0.0240. The maximum Gasteiger partial charge on any atom is 0.410 e. The summed E-state index contributed by atoms with van der Waals surface area (Å²) >= 11 is 1.58. The lowest BCUT2D eigenvalue weighted by Gasteiger charge is -2.35. The molecule has 5 rings (SSSR count). The highest BCUT2D eigenvalue weighted by Crippen LogP contribution is 2.37. The van der Waals surface area contributed by atoms with E-state index in [1.54, 1.807) is 16.2 Å². The van der Waals surface area contributed by atoms with Gasteiger partial charge in [-0.2, -0.15) is 0 Å². The minimum Gasteiger partial charge on any atom is -0.444 e. The number of aromatic nitrogens is 4. The number of hydrogen-bond acceptors (Lipinski definition) is 8. The van der Waals surface area contributed by atoms with E-state index in [0.29, 0.717) is 26.2 Å². The maximum atomic E-state index is 12.4. The number of fused-ring (bicyclic) bond motifs is 3. The van der Waals surface area contributed by atoms with Gasteiger partial charge in [-0.05, 0) is 38.1 Å². The first-order valence-corrected chi connectivity index (χ1v) is 11.4. The van der Waals surface area contributed by atoms with Gasteiger partial charge >= 0.3 is 6.09 Å². The molecule has 0 aliphatic carbocycles. The molecule has 4 heterocycles. The molecular formula is C23H24N6O2S. The van der Waals surface area contributed by atoms with Gasteiger partial charge in [0, 0.05) is 37.1 Å². The van der Waals surface area contributed by atoms with E-state index in [-0.39, 0.29) is 6.09 Å². The van der Waals surface area contributed by atoms with Crippen LogP contribution in [0.2, 0.25) is 0 Å². The fraction of sp³-hybridized carbons (Fsp3) is 0.348. The molecule has 0 N–H and O–H groups in total. The van der Waals surface area contributed by atoms with Crippen molar-refractivity contribution >= 4 is 43.7 Å².